The van der Waals surface area contributed by atoms with E-state index in [9.17, 15) is 14.0 Å². The summed E-state index contributed by atoms with van der Waals surface area (Å²) < 4.78 is 14.3. The Balaban J connectivity index is 0.00000225. The Morgan fingerprint density at radius 3 is 2.11 bits per heavy atom. The van der Waals surface area contributed by atoms with Crippen molar-refractivity contribution in [3.8, 4) is 11.1 Å². The number of hydrogen-bond acceptors (Lipinski definition) is 2. The summed E-state index contributed by atoms with van der Waals surface area (Å²) in [6.45, 7) is 4.77. The number of benzene rings is 2. The van der Waals surface area contributed by atoms with E-state index in [1.54, 1.807) is 6.92 Å². The summed E-state index contributed by atoms with van der Waals surface area (Å²) in [6.07, 6.45) is 0. The van der Waals surface area contributed by atoms with Crippen LogP contribution >= 0.6 is 11.6 Å². The van der Waals surface area contributed by atoms with Crippen molar-refractivity contribution in [3.63, 3.8) is 0 Å². The van der Waals surface area contributed by atoms with Crippen molar-refractivity contribution in [3.05, 3.63) is 59.2 Å². The SMILES string of the molecule is Cc1cc(C)c(C2(Cl)C(=O)N3CC(C)(F)CN3C2=O)[c-]c1-c1ccccc1.[W]. The summed E-state index contributed by atoms with van der Waals surface area (Å²) >= 11 is 6.67. The molecular formula is C21H19ClFN2O2W-. The average molecular weight is 570 g/mol. The standard InChI is InChI=1S/C21H19ClFN2O2.W/c1-13-9-14(2)17(10-16(13)15-7-5-4-6-8-15)21(22)18(26)24-11-20(3,23)12-25(24)19(21)27;/h4-9H,11-12H2,1-3H3;/q-1;. The van der Waals surface area contributed by atoms with Gasteiger partial charge in [-0.15, -0.1) is 28.8 Å². The first kappa shape index (κ1) is 21.0. The van der Waals surface area contributed by atoms with E-state index in [0.717, 1.165) is 26.7 Å². The Morgan fingerprint density at radius 1 is 1.04 bits per heavy atom. The minimum atomic E-state index is -1.90. The minimum Gasteiger partial charge on any atom is -0.270 e. The van der Waals surface area contributed by atoms with Crippen LogP contribution in [0.2, 0.25) is 0 Å². The smallest absolute Gasteiger partial charge is 0.270 e. The molecule has 0 N–H and O–H groups in total. The number of carbonyl (C=O) groups is 2. The van der Waals surface area contributed by atoms with Gasteiger partial charge in [-0.1, -0.05) is 66.9 Å². The van der Waals surface area contributed by atoms with Crippen LogP contribution in [0.1, 0.15) is 23.6 Å². The van der Waals surface area contributed by atoms with E-state index >= 15 is 0 Å². The summed E-state index contributed by atoms with van der Waals surface area (Å²) in [5.74, 6) is -1.23. The fourth-order valence-electron chi connectivity index (χ4n) is 3.92. The van der Waals surface area contributed by atoms with E-state index in [-0.39, 0.29) is 34.2 Å². The van der Waals surface area contributed by atoms with Crippen LogP contribution in [-0.2, 0) is 35.5 Å². The minimum absolute atomic E-state index is 0. The molecule has 0 saturated carbocycles. The Labute approximate surface area is 182 Å². The molecular weight excluding hydrogens is 551 g/mol. The Morgan fingerprint density at radius 2 is 1.57 bits per heavy atom. The molecule has 2 aliphatic heterocycles. The topological polar surface area (TPSA) is 40.6 Å². The molecule has 2 amide bonds. The second-order valence-electron chi connectivity index (χ2n) is 7.55. The Kier molecular flexibility index (Phi) is 5.22. The van der Waals surface area contributed by atoms with Crippen LogP contribution in [0.5, 0.6) is 0 Å². The fourth-order valence-corrected chi connectivity index (χ4v) is 4.31. The van der Waals surface area contributed by atoms with Crippen molar-refractivity contribution < 1.29 is 35.0 Å². The summed E-state index contributed by atoms with van der Waals surface area (Å²) in [7, 11) is 0. The normalized spacial score (nSPS) is 19.6. The van der Waals surface area contributed by atoms with Gasteiger partial charge in [0.2, 0.25) is 4.87 Å². The molecule has 0 atom stereocenters. The van der Waals surface area contributed by atoms with E-state index in [2.05, 4.69) is 6.07 Å². The van der Waals surface area contributed by atoms with Gasteiger partial charge >= 0.3 is 0 Å². The molecule has 0 aromatic heterocycles. The van der Waals surface area contributed by atoms with Crippen molar-refractivity contribution in [2.75, 3.05) is 13.1 Å². The van der Waals surface area contributed by atoms with Gasteiger partial charge in [0.25, 0.3) is 11.8 Å². The molecule has 2 aliphatic rings. The number of rotatable bonds is 2. The van der Waals surface area contributed by atoms with Crippen LogP contribution < -0.4 is 0 Å². The zero-order chi connectivity index (χ0) is 19.6. The summed E-state index contributed by atoms with van der Waals surface area (Å²) in [4.78, 5) is 24.2. The molecule has 0 radical (unpaired) electrons. The van der Waals surface area contributed by atoms with E-state index in [1.807, 2.05) is 43.3 Å². The fraction of sp³-hybridized carbons (Fsp3) is 0.333. The maximum Gasteiger partial charge on any atom is 0.275 e. The van der Waals surface area contributed by atoms with Gasteiger partial charge in [-0.05, 0) is 6.92 Å². The maximum absolute atomic E-state index is 14.3. The number of halogens is 2. The van der Waals surface area contributed by atoms with Gasteiger partial charge in [0.1, 0.15) is 5.67 Å². The quantitative estimate of drug-likeness (QED) is 0.316. The number of alkyl halides is 2. The number of aryl methyl sites for hydroxylation is 2. The van der Waals surface area contributed by atoms with E-state index in [0.29, 0.717) is 11.1 Å². The average Bonchev–Trinajstić information content (AvgIpc) is 3.03. The molecule has 2 heterocycles. The molecule has 0 spiro atoms. The van der Waals surface area contributed by atoms with Crippen LogP contribution in [-0.4, -0.2) is 40.6 Å². The number of hydrazine groups is 1. The van der Waals surface area contributed by atoms with Crippen LogP contribution in [0.15, 0.2) is 36.4 Å². The molecule has 0 bridgehead atoms. The Bertz CT molecular complexity index is 938. The third-order valence-electron chi connectivity index (χ3n) is 5.19. The molecule has 2 aromatic carbocycles. The number of hydrogen-bond donors (Lipinski definition) is 0. The molecule has 0 aliphatic carbocycles. The number of amides is 2. The number of carbonyl (C=O) groups excluding carboxylic acids is 2. The van der Waals surface area contributed by atoms with Gasteiger partial charge < -0.3 is 0 Å². The predicted octanol–water partition coefficient (Wildman–Crippen LogP) is 3.53. The number of fused-ring (bicyclic) bond motifs is 1. The van der Waals surface area contributed by atoms with Crippen LogP contribution in [0, 0.1) is 19.9 Å². The molecule has 4 rings (SSSR count). The van der Waals surface area contributed by atoms with Gasteiger partial charge in [0, 0.05) is 21.1 Å². The van der Waals surface area contributed by atoms with Gasteiger partial charge in [0.15, 0.2) is 0 Å². The molecule has 2 aromatic rings. The van der Waals surface area contributed by atoms with Crippen LogP contribution in [0.25, 0.3) is 11.1 Å². The van der Waals surface area contributed by atoms with Crippen molar-refractivity contribution in [2.45, 2.75) is 31.3 Å². The molecule has 7 heteroatoms. The first-order valence-electron chi connectivity index (χ1n) is 8.76. The second kappa shape index (κ2) is 6.96. The first-order valence-corrected chi connectivity index (χ1v) is 9.14. The third-order valence-corrected chi connectivity index (χ3v) is 5.70. The first-order chi connectivity index (χ1) is 12.6. The van der Waals surface area contributed by atoms with Crippen molar-refractivity contribution in [1.82, 2.24) is 10.0 Å². The van der Waals surface area contributed by atoms with Gasteiger partial charge in [-0.3, -0.25) is 9.59 Å². The van der Waals surface area contributed by atoms with Crippen molar-refractivity contribution >= 4 is 23.4 Å². The summed E-state index contributed by atoms with van der Waals surface area (Å²) in [5.41, 5.74) is 2.08. The maximum atomic E-state index is 14.3. The molecule has 2 saturated heterocycles. The predicted molar refractivity (Wildman–Crippen MR) is 101 cm³/mol. The molecule has 0 unspecified atom stereocenters. The Hall–Kier alpha value is -1.71. The zero-order valence-corrected chi connectivity index (χ0v) is 19.4. The summed E-state index contributed by atoms with van der Waals surface area (Å²) in [6, 6.07) is 14.7. The van der Waals surface area contributed by atoms with Crippen LogP contribution in [0.4, 0.5) is 4.39 Å². The van der Waals surface area contributed by atoms with E-state index in [4.69, 9.17) is 11.6 Å². The van der Waals surface area contributed by atoms with E-state index < -0.39 is 22.4 Å². The molecule has 28 heavy (non-hydrogen) atoms. The largest absolute Gasteiger partial charge is 0.275 e. The summed E-state index contributed by atoms with van der Waals surface area (Å²) in [5, 5.41) is 2.26. The van der Waals surface area contributed by atoms with Crippen molar-refractivity contribution in [1.29, 1.82) is 0 Å². The second-order valence-corrected chi connectivity index (χ2v) is 8.12. The van der Waals surface area contributed by atoms with Crippen molar-refractivity contribution in [2.24, 2.45) is 0 Å². The van der Waals surface area contributed by atoms with Gasteiger partial charge in [0.05, 0.1) is 13.1 Å². The zero-order valence-electron chi connectivity index (χ0n) is 15.8. The van der Waals surface area contributed by atoms with Gasteiger partial charge in [-0.25, -0.2) is 14.4 Å². The molecule has 4 nitrogen and oxygen atoms in total. The molecule has 2 fully saturated rings. The van der Waals surface area contributed by atoms with Gasteiger partial charge in [-0.2, -0.15) is 0 Å². The monoisotopic (exact) mass is 569 g/mol. The molecule has 146 valence electrons. The van der Waals surface area contributed by atoms with E-state index in [1.165, 1.54) is 6.92 Å². The van der Waals surface area contributed by atoms with Crippen LogP contribution in [0.3, 0.4) is 0 Å². The third kappa shape index (κ3) is 3.00. The number of nitrogens with zero attached hydrogens (tertiary/aromatic N) is 2.